The van der Waals surface area contributed by atoms with Gasteiger partial charge in [0.15, 0.2) is 0 Å². The molecule has 0 aliphatic rings. The highest BCUT2D eigenvalue weighted by Gasteiger charge is 2.30. The Balaban J connectivity index is 2.79. The predicted molar refractivity (Wildman–Crippen MR) is 73.0 cm³/mol. The van der Waals surface area contributed by atoms with Crippen molar-refractivity contribution in [1.29, 1.82) is 0 Å². The molecule has 1 aromatic carbocycles. The van der Waals surface area contributed by atoms with E-state index in [9.17, 15) is 10.2 Å². The van der Waals surface area contributed by atoms with Crippen LogP contribution in [0.5, 0.6) is 0 Å². The van der Waals surface area contributed by atoms with Crippen molar-refractivity contribution in [3.63, 3.8) is 0 Å². The third-order valence-electron chi connectivity index (χ3n) is 3.30. The zero-order valence-electron chi connectivity index (χ0n) is 10.7. The van der Waals surface area contributed by atoms with E-state index in [4.69, 9.17) is 16.3 Å². The number of halogens is 1. The van der Waals surface area contributed by atoms with Crippen molar-refractivity contribution in [3.05, 3.63) is 34.9 Å². The van der Waals surface area contributed by atoms with E-state index in [1.807, 2.05) is 18.2 Å². The number of rotatable bonds is 8. The van der Waals surface area contributed by atoms with Crippen molar-refractivity contribution in [1.82, 2.24) is 0 Å². The van der Waals surface area contributed by atoms with E-state index in [0.29, 0.717) is 18.1 Å². The van der Waals surface area contributed by atoms with Gasteiger partial charge >= 0.3 is 0 Å². The van der Waals surface area contributed by atoms with Crippen LogP contribution in [0, 0.1) is 0 Å². The number of aliphatic hydroxyl groups is 2. The highest BCUT2D eigenvalue weighted by Crippen LogP contribution is 2.30. The molecular formula is C14H21ClO3. The minimum atomic E-state index is -0.612. The van der Waals surface area contributed by atoms with Crippen LogP contribution in [0.1, 0.15) is 24.8 Å². The molecule has 0 bridgehead atoms. The summed E-state index contributed by atoms with van der Waals surface area (Å²) in [6.07, 6.45) is 2.52. The van der Waals surface area contributed by atoms with Crippen LogP contribution in [-0.4, -0.2) is 37.1 Å². The summed E-state index contributed by atoms with van der Waals surface area (Å²) in [6, 6.07) is 7.33. The molecule has 0 spiro atoms. The van der Waals surface area contributed by atoms with Crippen LogP contribution >= 0.6 is 11.6 Å². The molecule has 0 atom stereocenters. The lowest BCUT2D eigenvalue weighted by Crippen LogP contribution is -2.35. The molecule has 0 aromatic heterocycles. The van der Waals surface area contributed by atoms with Gasteiger partial charge in [0.05, 0.1) is 13.2 Å². The molecule has 0 aliphatic carbocycles. The van der Waals surface area contributed by atoms with Crippen LogP contribution < -0.4 is 0 Å². The molecule has 102 valence electrons. The van der Waals surface area contributed by atoms with Crippen molar-refractivity contribution in [3.8, 4) is 0 Å². The first-order chi connectivity index (χ1) is 8.68. The third-order valence-corrected chi connectivity index (χ3v) is 3.53. The second-order valence-electron chi connectivity index (χ2n) is 4.56. The second-order valence-corrected chi connectivity index (χ2v) is 4.99. The molecule has 0 fully saturated rings. The minimum Gasteiger partial charge on any atom is -0.395 e. The van der Waals surface area contributed by atoms with Crippen LogP contribution in [0.25, 0.3) is 0 Å². The van der Waals surface area contributed by atoms with Gasteiger partial charge < -0.3 is 14.9 Å². The molecule has 0 saturated carbocycles. The summed E-state index contributed by atoms with van der Waals surface area (Å²) < 4.78 is 5.00. The van der Waals surface area contributed by atoms with Crippen LogP contribution in [-0.2, 0) is 10.2 Å². The van der Waals surface area contributed by atoms with Crippen LogP contribution in [0.4, 0.5) is 0 Å². The molecule has 0 radical (unpaired) electrons. The highest BCUT2D eigenvalue weighted by atomic mass is 35.5. The quantitative estimate of drug-likeness (QED) is 0.715. The van der Waals surface area contributed by atoms with Crippen LogP contribution in [0.2, 0.25) is 5.02 Å². The number of hydrogen-bond acceptors (Lipinski definition) is 3. The smallest absolute Gasteiger partial charge is 0.0550 e. The fourth-order valence-corrected chi connectivity index (χ4v) is 2.25. The molecule has 0 heterocycles. The lowest BCUT2D eigenvalue weighted by atomic mass is 9.78. The standard InChI is InChI=1S/C14H21ClO3/c1-18-8-3-2-7-14(10-16,11-17)12-5-4-6-13(15)9-12/h4-6,9,16-17H,2-3,7-8,10-11H2,1H3. The van der Waals surface area contributed by atoms with E-state index in [0.717, 1.165) is 18.4 Å². The van der Waals surface area contributed by atoms with Gasteiger partial charge in [-0.3, -0.25) is 0 Å². The number of benzene rings is 1. The highest BCUT2D eigenvalue weighted by molar-refractivity contribution is 6.30. The Bertz CT molecular complexity index is 351. The molecule has 1 rings (SSSR count). The Labute approximate surface area is 113 Å². The van der Waals surface area contributed by atoms with E-state index in [-0.39, 0.29) is 13.2 Å². The van der Waals surface area contributed by atoms with Crippen molar-refractivity contribution in [2.75, 3.05) is 26.9 Å². The molecule has 4 heteroatoms. The van der Waals surface area contributed by atoms with Gasteiger partial charge in [-0.15, -0.1) is 0 Å². The first-order valence-corrected chi connectivity index (χ1v) is 6.53. The van der Waals surface area contributed by atoms with Crippen molar-refractivity contribution >= 4 is 11.6 Å². The van der Waals surface area contributed by atoms with Gasteiger partial charge in [0.2, 0.25) is 0 Å². The first kappa shape index (κ1) is 15.4. The second kappa shape index (κ2) is 7.74. The maximum absolute atomic E-state index is 9.64. The molecular weight excluding hydrogens is 252 g/mol. The number of ether oxygens (including phenoxy) is 1. The summed E-state index contributed by atoms with van der Waals surface area (Å²) in [6.45, 7) is 0.524. The van der Waals surface area contributed by atoms with Gasteiger partial charge in [-0.05, 0) is 30.5 Å². The van der Waals surface area contributed by atoms with E-state index >= 15 is 0 Å². The topological polar surface area (TPSA) is 49.7 Å². The van der Waals surface area contributed by atoms with Gasteiger partial charge in [-0.25, -0.2) is 0 Å². The Hall–Kier alpha value is -0.610. The molecule has 0 amide bonds. The minimum absolute atomic E-state index is 0.0865. The molecule has 0 aliphatic heterocycles. The summed E-state index contributed by atoms with van der Waals surface area (Å²) in [4.78, 5) is 0. The van der Waals surface area contributed by atoms with Gasteiger partial charge in [-0.2, -0.15) is 0 Å². The van der Waals surface area contributed by atoms with E-state index in [1.54, 1.807) is 13.2 Å². The monoisotopic (exact) mass is 272 g/mol. The Morgan fingerprint density at radius 2 is 1.94 bits per heavy atom. The third kappa shape index (κ3) is 3.95. The molecule has 3 nitrogen and oxygen atoms in total. The SMILES string of the molecule is COCCCCC(CO)(CO)c1cccc(Cl)c1. The summed E-state index contributed by atoms with van der Waals surface area (Å²) in [5.41, 5.74) is 0.274. The zero-order chi connectivity index (χ0) is 13.4. The van der Waals surface area contributed by atoms with Gasteiger partial charge in [0.25, 0.3) is 0 Å². The maximum atomic E-state index is 9.64. The van der Waals surface area contributed by atoms with Crippen molar-refractivity contribution in [2.45, 2.75) is 24.7 Å². The molecule has 1 aromatic rings. The average Bonchev–Trinajstić information content (AvgIpc) is 2.40. The predicted octanol–water partition coefficient (Wildman–Crippen LogP) is 2.38. The molecule has 2 N–H and O–H groups in total. The molecule has 18 heavy (non-hydrogen) atoms. The first-order valence-electron chi connectivity index (χ1n) is 6.15. The van der Waals surface area contributed by atoms with E-state index in [1.165, 1.54) is 0 Å². The Morgan fingerprint density at radius 3 is 2.50 bits per heavy atom. The van der Waals surface area contributed by atoms with Gasteiger partial charge in [0.1, 0.15) is 0 Å². The van der Waals surface area contributed by atoms with Gasteiger partial charge in [-0.1, -0.05) is 30.2 Å². The van der Waals surface area contributed by atoms with Crippen molar-refractivity contribution < 1.29 is 14.9 Å². The summed E-state index contributed by atoms with van der Waals surface area (Å²) in [7, 11) is 1.67. The summed E-state index contributed by atoms with van der Waals surface area (Å²) in [5, 5.41) is 19.9. The fourth-order valence-electron chi connectivity index (χ4n) is 2.06. The summed E-state index contributed by atoms with van der Waals surface area (Å²) >= 11 is 5.97. The lowest BCUT2D eigenvalue weighted by molar-refractivity contribution is 0.104. The lowest BCUT2D eigenvalue weighted by Gasteiger charge is -2.30. The van der Waals surface area contributed by atoms with Gasteiger partial charge in [0, 0.05) is 24.2 Å². The van der Waals surface area contributed by atoms with E-state index in [2.05, 4.69) is 0 Å². The zero-order valence-corrected chi connectivity index (χ0v) is 11.5. The normalized spacial score (nSPS) is 11.8. The average molecular weight is 273 g/mol. The van der Waals surface area contributed by atoms with Crippen LogP contribution in [0.3, 0.4) is 0 Å². The largest absolute Gasteiger partial charge is 0.395 e. The number of aliphatic hydroxyl groups excluding tert-OH is 2. The number of unbranched alkanes of at least 4 members (excludes halogenated alkanes) is 1. The van der Waals surface area contributed by atoms with Crippen molar-refractivity contribution in [2.24, 2.45) is 0 Å². The maximum Gasteiger partial charge on any atom is 0.0550 e. The summed E-state index contributed by atoms with van der Waals surface area (Å²) in [5.74, 6) is 0. The Morgan fingerprint density at radius 1 is 1.22 bits per heavy atom. The number of hydrogen-bond donors (Lipinski definition) is 2. The molecule has 0 unspecified atom stereocenters. The van der Waals surface area contributed by atoms with E-state index < -0.39 is 5.41 Å². The molecule has 0 saturated heterocycles. The van der Waals surface area contributed by atoms with Crippen LogP contribution in [0.15, 0.2) is 24.3 Å². The number of methoxy groups -OCH3 is 1. The fraction of sp³-hybridized carbons (Fsp3) is 0.571. The Kier molecular flexibility index (Phi) is 6.65.